The number of aryl methyl sites for hydroxylation is 1. The van der Waals surface area contributed by atoms with Crippen LogP contribution in [0.15, 0.2) is 35.3 Å². The van der Waals surface area contributed by atoms with Gasteiger partial charge in [0, 0.05) is 19.8 Å². The van der Waals surface area contributed by atoms with Gasteiger partial charge in [-0.05, 0) is 49.8 Å². The van der Waals surface area contributed by atoms with E-state index in [1.54, 1.807) is 30.8 Å². The lowest BCUT2D eigenvalue weighted by atomic mass is 10.1. The number of allylic oxidation sites excluding steroid dienone is 1. The Labute approximate surface area is 222 Å². The Morgan fingerprint density at radius 1 is 1.24 bits per heavy atom. The van der Waals surface area contributed by atoms with Crippen molar-refractivity contribution in [3.63, 3.8) is 0 Å². The summed E-state index contributed by atoms with van der Waals surface area (Å²) in [6.45, 7) is 6.23. The number of likely N-dealkylation sites (N-methyl/N-ethyl adjacent to an activating group) is 1. The minimum atomic E-state index is -0.520. The molecule has 0 saturated heterocycles. The third kappa shape index (κ3) is 7.36. The van der Waals surface area contributed by atoms with E-state index in [1.807, 2.05) is 13.0 Å². The lowest BCUT2D eigenvalue weighted by Crippen LogP contribution is -2.29. The minimum absolute atomic E-state index is 0.0987. The lowest BCUT2D eigenvalue weighted by Gasteiger charge is -2.14. The fraction of sp³-hybridized carbons (Fsp3) is 0.429. The van der Waals surface area contributed by atoms with E-state index in [2.05, 4.69) is 34.1 Å². The van der Waals surface area contributed by atoms with Gasteiger partial charge in [-0.25, -0.2) is 9.37 Å². The summed E-state index contributed by atoms with van der Waals surface area (Å²) < 4.78 is 16.0. The van der Waals surface area contributed by atoms with Crippen molar-refractivity contribution in [3.8, 4) is 0 Å². The van der Waals surface area contributed by atoms with Gasteiger partial charge in [-0.1, -0.05) is 33.3 Å². The maximum atomic E-state index is 14.5. The number of unbranched alkanes of at least 4 members (excludes halogenated alkanes) is 1. The molecule has 203 valence electrons. The molecular formula is C28H36FN6O3. The number of aromatic nitrogens is 4. The first-order valence-corrected chi connectivity index (χ1v) is 12.9. The van der Waals surface area contributed by atoms with Gasteiger partial charge in [-0.3, -0.25) is 19.4 Å². The van der Waals surface area contributed by atoms with Gasteiger partial charge in [0.05, 0.1) is 30.4 Å². The number of fused-ring (bicyclic) bond motifs is 1. The van der Waals surface area contributed by atoms with Crippen molar-refractivity contribution < 1.29 is 14.0 Å². The highest BCUT2D eigenvalue weighted by Crippen LogP contribution is 2.21. The van der Waals surface area contributed by atoms with Crippen LogP contribution in [0.1, 0.15) is 57.2 Å². The first kappa shape index (κ1) is 28.7. The molecule has 0 unspecified atom stereocenters. The molecule has 0 atom stereocenters. The average Bonchev–Trinajstić information content (AvgIpc) is 3.29. The summed E-state index contributed by atoms with van der Waals surface area (Å²) in [4.78, 5) is 50.7. The lowest BCUT2D eigenvalue weighted by molar-refractivity contribution is -0.123. The van der Waals surface area contributed by atoms with Crippen molar-refractivity contribution in [1.29, 1.82) is 0 Å². The van der Waals surface area contributed by atoms with Crippen molar-refractivity contribution in [2.75, 3.05) is 19.4 Å². The van der Waals surface area contributed by atoms with Crippen molar-refractivity contribution in [2.45, 2.75) is 59.4 Å². The van der Waals surface area contributed by atoms with Crippen molar-refractivity contribution in [3.05, 3.63) is 70.3 Å². The maximum absolute atomic E-state index is 14.5. The SMILES string of the molecule is CCCc1ccc(NC(=O)[CH]CC/C=C/C(=O)N(C)C)c(=O)n1Cc1nc2c(F)cnc(CC(C)C)c2[nH]1. The van der Waals surface area contributed by atoms with E-state index in [-0.39, 0.29) is 29.2 Å². The standard InChI is InChI=1S/C28H36FN6O3/c1-6-10-19-13-14-21(31-24(36)11-8-7-9-12-25(37)34(4)5)28(38)35(19)17-23-32-26-20(29)16-30-22(15-18(2)3)27(26)33-23/h9,11-14,16,18H,6-8,10,15,17H2,1-5H3,(H,31,36)(H,32,33)/b12-9+. The number of carbonyl (C=O) groups is 2. The zero-order chi connectivity index (χ0) is 27.8. The summed E-state index contributed by atoms with van der Waals surface area (Å²) in [6, 6.07) is 3.42. The van der Waals surface area contributed by atoms with Crippen LogP contribution >= 0.6 is 0 Å². The summed E-state index contributed by atoms with van der Waals surface area (Å²) in [6.07, 6.45) is 8.87. The van der Waals surface area contributed by atoms with Gasteiger partial charge in [0.1, 0.15) is 17.0 Å². The number of carbonyl (C=O) groups excluding carboxylic acids is 2. The second-order valence-corrected chi connectivity index (χ2v) is 9.84. The Bertz CT molecular complexity index is 1370. The molecule has 2 N–H and O–H groups in total. The molecule has 1 radical (unpaired) electrons. The molecular weight excluding hydrogens is 487 g/mol. The van der Waals surface area contributed by atoms with Gasteiger partial charge in [0.25, 0.3) is 5.56 Å². The number of nitrogens with one attached hydrogen (secondary N) is 2. The molecule has 0 aliphatic carbocycles. The second-order valence-electron chi connectivity index (χ2n) is 9.84. The first-order chi connectivity index (χ1) is 18.1. The number of aromatic amines is 1. The minimum Gasteiger partial charge on any atom is -0.345 e. The summed E-state index contributed by atoms with van der Waals surface area (Å²) in [5.41, 5.74) is 2.05. The van der Waals surface area contributed by atoms with Crippen molar-refractivity contribution in [2.24, 2.45) is 5.92 Å². The topological polar surface area (TPSA) is 113 Å². The largest absolute Gasteiger partial charge is 0.345 e. The number of halogens is 1. The predicted molar refractivity (Wildman–Crippen MR) is 146 cm³/mol. The molecule has 0 bridgehead atoms. The summed E-state index contributed by atoms with van der Waals surface area (Å²) in [7, 11) is 3.33. The molecule has 10 heteroatoms. The third-order valence-electron chi connectivity index (χ3n) is 5.90. The van der Waals surface area contributed by atoms with Crippen LogP contribution in [-0.4, -0.2) is 50.3 Å². The average molecular weight is 524 g/mol. The number of anilines is 1. The number of imidazole rings is 1. The molecule has 9 nitrogen and oxygen atoms in total. The van der Waals surface area contributed by atoms with E-state index in [1.165, 1.54) is 23.6 Å². The van der Waals surface area contributed by atoms with E-state index in [9.17, 15) is 18.8 Å². The third-order valence-corrected chi connectivity index (χ3v) is 5.90. The Morgan fingerprint density at radius 2 is 2.00 bits per heavy atom. The van der Waals surface area contributed by atoms with Crippen LogP contribution in [0, 0.1) is 18.2 Å². The molecule has 38 heavy (non-hydrogen) atoms. The highest BCUT2D eigenvalue weighted by atomic mass is 19.1. The molecule has 3 rings (SSSR count). The predicted octanol–water partition coefficient (Wildman–Crippen LogP) is 4.03. The fourth-order valence-electron chi connectivity index (χ4n) is 4.02. The summed E-state index contributed by atoms with van der Waals surface area (Å²) in [5, 5.41) is 2.66. The molecule has 0 aromatic carbocycles. The van der Waals surface area contributed by atoms with Crippen LogP contribution in [0.4, 0.5) is 10.1 Å². The van der Waals surface area contributed by atoms with E-state index < -0.39 is 11.7 Å². The number of pyridine rings is 2. The van der Waals surface area contributed by atoms with E-state index in [0.29, 0.717) is 42.9 Å². The quantitative estimate of drug-likeness (QED) is 0.275. The van der Waals surface area contributed by atoms with Crippen LogP contribution in [0.2, 0.25) is 0 Å². The molecule has 0 aliphatic heterocycles. The molecule has 0 saturated carbocycles. The number of nitrogens with zero attached hydrogens (tertiary/aromatic N) is 4. The molecule has 2 amide bonds. The zero-order valence-corrected chi connectivity index (χ0v) is 22.7. The summed E-state index contributed by atoms with van der Waals surface area (Å²) in [5.74, 6) is -0.282. The summed E-state index contributed by atoms with van der Waals surface area (Å²) >= 11 is 0. The molecule has 0 fully saturated rings. The van der Waals surface area contributed by atoms with Gasteiger partial charge >= 0.3 is 0 Å². The molecule has 3 heterocycles. The van der Waals surface area contributed by atoms with Crippen molar-refractivity contribution >= 4 is 28.5 Å². The molecule has 0 aliphatic rings. The fourth-order valence-corrected chi connectivity index (χ4v) is 4.02. The zero-order valence-electron chi connectivity index (χ0n) is 22.7. The van der Waals surface area contributed by atoms with Crippen molar-refractivity contribution in [1.82, 2.24) is 24.4 Å². The second kappa shape index (κ2) is 13.1. The van der Waals surface area contributed by atoms with Gasteiger partial charge in [-0.2, -0.15) is 0 Å². The maximum Gasteiger partial charge on any atom is 0.274 e. The van der Waals surface area contributed by atoms with Crippen LogP contribution in [0.5, 0.6) is 0 Å². The van der Waals surface area contributed by atoms with Crippen LogP contribution in [0.3, 0.4) is 0 Å². The first-order valence-electron chi connectivity index (χ1n) is 12.9. The number of rotatable bonds is 12. The van der Waals surface area contributed by atoms with Gasteiger partial charge in [0.15, 0.2) is 5.82 Å². The Morgan fingerprint density at radius 3 is 2.68 bits per heavy atom. The highest BCUT2D eigenvalue weighted by Gasteiger charge is 2.17. The molecule has 0 spiro atoms. The monoisotopic (exact) mass is 523 g/mol. The van der Waals surface area contributed by atoms with Gasteiger partial charge < -0.3 is 19.8 Å². The highest BCUT2D eigenvalue weighted by molar-refractivity contribution is 5.97. The van der Waals surface area contributed by atoms with E-state index in [4.69, 9.17) is 0 Å². The van der Waals surface area contributed by atoms with Crippen LogP contribution in [-0.2, 0) is 29.0 Å². The number of amides is 2. The van der Waals surface area contributed by atoms with Gasteiger partial charge in [0.2, 0.25) is 11.8 Å². The Balaban J connectivity index is 1.79. The number of hydrogen-bond acceptors (Lipinski definition) is 5. The van der Waals surface area contributed by atoms with Crippen LogP contribution < -0.4 is 10.9 Å². The van der Waals surface area contributed by atoms with Crippen LogP contribution in [0.25, 0.3) is 11.0 Å². The van der Waals surface area contributed by atoms with E-state index in [0.717, 1.165) is 17.8 Å². The smallest absolute Gasteiger partial charge is 0.274 e. The molecule has 3 aromatic rings. The van der Waals surface area contributed by atoms with Gasteiger partial charge in [-0.15, -0.1) is 0 Å². The number of hydrogen-bond donors (Lipinski definition) is 2. The number of H-pyrrole nitrogens is 1. The van der Waals surface area contributed by atoms with E-state index >= 15 is 0 Å². The normalized spacial score (nSPS) is 11.6. The Kier molecular flexibility index (Phi) is 9.92. The Hall–Kier alpha value is -3.82. The molecule has 3 aromatic heterocycles.